The maximum atomic E-state index is 12.4. The van der Waals surface area contributed by atoms with Crippen LogP contribution in [0.25, 0.3) is 0 Å². The SMILES string of the molecule is COc1ccc(OC)c(NC(=O)C(C)OC(=O)CCNC(=O)c2ccccc2C)c1. The molecule has 2 aromatic carbocycles. The fraction of sp³-hybridized carbons (Fsp3) is 0.318. The molecule has 0 fully saturated rings. The minimum atomic E-state index is -1.03. The lowest BCUT2D eigenvalue weighted by Gasteiger charge is -2.16. The highest BCUT2D eigenvalue weighted by atomic mass is 16.5. The van der Waals surface area contributed by atoms with Crippen LogP contribution in [-0.4, -0.2) is 44.7 Å². The van der Waals surface area contributed by atoms with Gasteiger partial charge in [0, 0.05) is 18.2 Å². The third-order valence-corrected chi connectivity index (χ3v) is 4.35. The van der Waals surface area contributed by atoms with E-state index < -0.39 is 18.0 Å². The molecule has 8 heteroatoms. The zero-order chi connectivity index (χ0) is 22.1. The smallest absolute Gasteiger partial charge is 0.308 e. The molecule has 8 nitrogen and oxygen atoms in total. The van der Waals surface area contributed by atoms with Crippen molar-refractivity contribution in [2.24, 2.45) is 0 Å². The standard InChI is InChI=1S/C22H26N2O6/c1-14-7-5-6-8-17(14)22(27)23-12-11-20(25)30-15(2)21(26)24-18-13-16(28-3)9-10-19(18)29-4/h5-10,13,15H,11-12H2,1-4H3,(H,23,27)(H,24,26). The first-order valence-electron chi connectivity index (χ1n) is 9.42. The number of esters is 1. The highest BCUT2D eigenvalue weighted by Gasteiger charge is 2.20. The molecular weight excluding hydrogens is 388 g/mol. The van der Waals surface area contributed by atoms with Crippen LogP contribution in [0.3, 0.4) is 0 Å². The average molecular weight is 414 g/mol. The number of carbonyl (C=O) groups excluding carboxylic acids is 3. The van der Waals surface area contributed by atoms with Crippen molar-refractivity contribution in [1.82, 2.24) is 5.32 Å². The second-order valence-electron chi connectivity index (χ2n) is 6.51. The van der Waals surface area contributed by atoms with Crippen LogP contribution in [0.5, 0.6) is 11.5 Å². The van der Waals surface area contributed by atoms with Gasteiger partial charge in [0.2, 0.25) is 0 Å². The Morgan fingerprint density at radius 2 is 1.77 bits per heavy atom. The van der Waals surface area contributed by atoms with Gasteiger partial charge in [-0.1, -0.05) is 18.2 Å². The first kappa shape index (κ1) is 22.7. The van der Waals surface area contributed by atoms with E-state index >= 15 is 0 Å². The molecular formula is C22H26N2O6. The van der Waals surface area contributed by atoms with Crippen molar-refractivity contribution in [2.75, 3.05) is 26.1 Å². The van der Waals surface area contributed by atoms with Crippen molar-refractivity contribution < 1.29 is 28.6 Å². The number of amides is 2. The fourth-order valence-electron chi connectivity index (χ4n) is 2.66. The highest BCUT2D eigenvalue weighted by Crippen LogP contribution is 2.29. The molecule has 0 heterocycles. The summed E-state index contributed by atoms with van der Waals surface area (Å²) in [5.41, 5.74) is 1.79. The topological polar surface area (TPSA) is 103 Å². The van der Waals surface area contributed by atoms with Crippen LogP contribution in [0.1, 0.15) is 29.3 Å². The molecule has 160 valence electrons. The van der Waals surface area contributed by atoms with Crippen molar-refractivity contribution in [3.63, 3.8) is 0 Å². The lowest BCUT2D eigenvalue weighted by Crippen LogP contribution is -2.32. The molecule has 1 atom stereocenters. The predicted octanol–water partition coefficient (Wildman–Crippen LogP) is 2.70. The van der Waals surface area contributed by atoms with Crippen LogP contribution >= 0.6 is 0 Å². The van der Waals surface area contributed by atoms with Crippen LogP contribution in [0.4, 0.5) is 5.69 Å². The first-order valence-corrected chi connectivity index (χ1v) is 9.42. The normalized spacial score (nSPS) is 11.2. The van der Waals surface area contributed by atoms with E-state index in [1.54, 1.807) is 30.3 Å². The van der Waals surface area contributed by atoms with Gasteiger partial charge in [-0.05, 0) is 37.6 Å². The number of ether oxygens (including phenoxy) is 3. The summed E-state index contributed by atoms with van der Waals surface area (Å²) in [5, 5.41) is 5.32. The van der Waals surface area contributed by atoms with Crippen molar-refractivity contribution in [2.45, 2.75) is 26.4 Å². The van der Waals surface area contributed by atoms with E-state index in [1.807, 2.05) is 19.1 Å². The maximum Gasteiger partial charge on any atom is 0.308 e. The number of carbonyl (C=O) groups is 3. The van der Waals surface area contributed by atoms with Gasteiger partial charge in [-0.3, -0.25) is 14.4 Å². The van der Waals surface area contributed by atoms with Gasteiger partial charge in [0.25, 0.3) is 11.8 Å². The van der Waals surface area contributed by atoms with E-state index in [0.717, 1.165) is 5.56 Å². The molecule has 30 heavy (non-hydrogen) atoms. The van der Waals surface area contributed by atoms with Gasteiger partial charge in [-0.15, -0.1) is 0 Å². The van der Waals surface area contributed by atoms with Gasteiger partial charge in [-0.2, -0.15) is 0 Å². The summed E-state index contributed by atoms with van der Waals surface area (Å²) in [6, 6.07) is 12.1. The number of nitrogens with one attached hydrogen (secondary N) is 2. The lowest BCUT2D eigenvalue weighted by molar-refractivity contribution is -0.153. The van der Waals surface area contributed by atoms with E-state index in [2.05, 4.69) is 10.6 Å². The maximum absolute atomic E-state index is 12.4. The Morgan fingerprint density at radius 3 is 2.43 bits per heavy atom. The van der Waals surface area contributed by atoms with E-state index in [9.17, 15) is 14.4 Å². The second-order valence-corrected chi connectivity index (χ2v) is 6.51. The molecule has 2 rings (SSSR count). The van der Waals surface area contributed by atoms with Gasteiger partial charge in [-0.25, -0.2) is 0 Å². The first-order chi connectivity index (χ1) is 14.3. The molecule has 0 spiro atoms. The Kier molecular flexibility index (Phi) is 8.22. The van der Waals surface area contributed by atoms with Crippen molar-refractivity contribution in [3.05, 3.63) is 53.6 Å². The Hall–Kier alpha value is -3.55. The van der Waals surface area contributed by atoms with Crippen molar-refractivity contribution >= 4 is 23.5 Å². The molecule has 1 unspecified atom stereocenters. The molecule has 2 aromatic rings. The van der Waals surface area contributed by atoms with Gasteiger partial charge in [0.15, 0.2) is 6.10 Å². The molecule has 0 aromatic heterocycles. The number of benzene rings is 2. The Bertz CT molecular complexity index is 912. The second kappa shape index (κ2) is 10.8. The largest absolute Gasteiger partial charge is 0.497 e. The number of rotatable bonds is 9. The monoisotopic (exact) mass is 414 g/mol. The molecule has 0 radical (unpaired) electrons. The van der Waals surface area contributed by atoms with Crippen LogP contribution in [0, 0.1) is 6.92 Å². The lowest BCUT2D eigenvalue weighted by atomic mass is 10.1. The number of hydrogen-bond acceptors (Lipinski definition) is 6. The van der Waals surface area contributed by atoms with Crippen molar-refractivity contribution in [3.8, 4) is 11.5 Å². The van der Waals surface area contributed by atoms with Gasteiger partial charge in [0.1, 0.15) is 11.5 Å². The van der Waals surface area contributed by atoms with Crippen LogP contribution in [0.15, 0.2) is 42.5 Å². The van der Waals surface area contributed by atoms with Crippen LogP contribution in [0.2, 0.25) is 0 Å². The number of hydrogen-bond donors (Lipinski definition) is 2. The molecule has 0 saturated heterocycles. The van der Waals surface area contributed by atoms with E-state index in [4.69, 9.17) is 14.2 Å². The number of methoxy groups -OCH3 is 2. The molecule has 0 aliphatic carbocycles. The Morgan fingerprint density at radius 1 is 1.03 bits per heavy atom. The summed E-state index contributed by atoms with van der Waals surface area (Å²) in [5.74, 6) is -0.391. The number of anilines is 1. The van der Waals surface area contributed by atoms with E-state index in [0.29, 0.717) is 22.7 Å². The zero-order valence-corrected chi connectivity index (χ0v) is 17.5. The summed E-state index contributed by atoms with van der Waals surface area (Å²) in [6.45, 7) is 3.40. The van der Waals surface area contributed by atoms with Gasteiger partial charge < -0.3 is 24.8 Å². The quantitative estimate of drug-likeness (QED) is 0.612. The fourth-order valence-corrected chi connectivity index (χ4v) is 2.66. The summed E-state index contributed by atoms with van der Waals surface area (Å²) in [4.78, 5) is 36.5. The minimum absolute atomic E-state index is 0.0578. The van der Waals surface area contributed by atoms with Crippen molar-refractivity contribution in [1.29, 1.82) is 0 Å². The summed E-state index contributed by atoms with van der Waals surface area (Å²) >= 11 is 0. The third-order valence-electron chi connectivity index (χ3n) is 4.35. The Labute approximate surface area is 175 Å². The molecule has 0 aliphatic rings. The van der Waals surface area contributed by atoms with Gasteiger partial charge in [0.05, 0.1) is 26.3 Å². The van der Waals surface area contributed by atoms with Gasteiger partial charge >= 0.3 is 5.97 Å². The zero-order valence-electron chi connectivity index (χ0n) is 17.5. The molecule has 0 aliphatic heterocycles. The van der Waals surface area contributed by atoms with E-state index in [1.165, 1.54) is 21.1 Å². The number of aryl methyl sites for hydroxylation is 1. The molecule has 0 bridgehead atoms. The van der Waals surface area contributed by atoms with Crippen LogP contribution < -0.4 is 20.1 Å². The predicted molar refractivity (Wildman–Crippen MR) is 112 cm³/mol. The molecule has 2 N–H and O–H groups in total. The Balaban J connectivity index is 1.83. The summed E-state index contributed by atoms with van der Waals surface area (Å²) in [6.07, 6.45) is -1.09. The average Bonchev–Trinajstić information content (AvgIpc) is 2.73. The summed E-state index contributed by atoms with van der Waals surface area (Å²) in [7, 11) is 2.99. The summed E-state index contributed by atoms with van der Waals surface area (Å²) < 4.78 is 15.5. The molecule has 2 amide bonds. The highest BCUT2D eigenvalue weighted by molar-refractivity contribution is 5.97. The molecule has 0 saturated carbocycles. The third kappa shape index (κ3) is 6.23. The van der Waals surface area contributed by atoms with Crippen LogP contribution in [-0.2, 0) is 14.3 Å². The minimum Gasteiger partial charge on any atom is -0.497 e. The van der Waals surface area contributed by atoms with E-state index in [-0.39, 0.29) is 18.9 Å².